The molecule has 0 spiro atoms. The molecule has 0 radical (unpaired) electrons. The van der Waals surface area contributed by atoms with Gasteiger partial charge in [0.25, 0.3) is 0 Å². The molecule has 0 saturated heterocycles. The fraction of sp³-hybridized carbons (Fsp3) is 0.417. The van der Waals surface area contributed by atoms with Gasteiger partial charge in [-0.25, -0.2) is 17.5 Å². The van der Waals surface area contributed by atoms with E-state index >= 15 is 0 Å². The van der Waals surface area contributed by atoms with Crippen molar-refractivity contribution in [3.05, 3.63) is 28.5 Å². The number of carboxylic acids is 1. The van der Waals surface area contributed by atoms with Crippen LogP contribution in [0.5, 0.6) is 0 Å². The standard InChI is InChI=1S/C12H17NO4S2/c1-4-5-6-7-13(3)19(16,17)11-8-10(12(14)15)18-9(11)2/h4,8H,1,5-7H2,2-3H3,(H,14,15). The van der Waals surface area contributed by atoms with Gasteiger partial charge in [0.15, 0.2) is 0 Å². The molecule has 1 aromatic heterocycles. The van der Waals surface area contributed by atoms with E-state index in [-0.39, 0.29) is 9.77 Å². The summed E-state index contributed by atoms with van der Waals surface area (Å²) in [6.07, 6.45) is 3.16. The predicted molar refractivity (Wildman–Crippen MR) is 75.3 cm³/mol. The van der Waals surface area contributed by atoms with Crippen LogP contribution in [-0.4, -0.2) is 37.4 Å². The van der Waals surface area contributed by atoms with Gasteiger partial charge in [-0.05, 0) is 25.8 Å². The van der Waals surface area contributed by atoms with E-state index < -0.39 is 16.0 Å². The molecule has 106 valence electrons. The number of aromatic carboxylic acids is 1. The van der Waals surface area contributed by atoms with Crippen molar-refractivity contribution in [2.24, 2.45) is 0 Å². The Labute approximate surface area is 117 Å². The number of hydrogen-bond donors (Lipinski definition) is 1. The third-order valence-corrected chi connectivity index (χ3v) is 5.80. The molecule has 0 unspecified atom stereocenters. The predicted octanol–water partition coefficient (Wildman–Crippen LogP) is 2.34. The number of aryl methyl sites for hydroxylation is 1. The van der Waals surface area contributed by atoms with Gasteiger partial charge in [0, 0.05) is 18.5 Å². The van der Waals surface area contributed by atoms with Gasteiger partial charge < -0.3 is 5.11 Å². The first kappa shape index (κ1) is 15.9. The van der Waals surface area contributed by atoms with Crippen LogP contribution in [0.4, 0.5) is 0 Å². The highest BCUT2D eigenvalue weighted by Gasteiger charge is 2.25. The van der Waals surface area contributed by atoms with E-state index in [0.29, 0.717) is 17.8 Å². The first-order valence-corrected chi connectivity index (χ1v) is 7.97. The van der Waals surface area contributed by atoms with Crippen molar-refractivity contribution in [1.29, 1.82) is 0 Å². The zero-order chi connectivity index (χ0) is 14.6. The zero-order valence-corrected chi connectivity index (χ0v) is 12.6. The first-order chi connectivity index (χ1) is 8.80. The summed E-state index contributed by atoms with van der Waals surface area (Å²) in [5.74, 6) is -1.11. The van der Waals surface area contributed by atoms with Crippen molar-refractivity contribution < 1.29 is 18.3 Å². The largest absolute Gasteiger partial charge is 0.477 e. The van der Waals surface area contributed by atoms with E-state index in [9.17, 15) is 13.2 Å². The molecule has 0 aliphatic carbocycles. The fourth-order valence-electron chi connectivity index (χ4n) is 1.57. The maximum Gasteiger partial charge on any atom is 0.345 e. The smallest absolute Gasteiger partial charge is 0.345 e. The molecule has 0 bridgehead atoms. The van der Waals surface area contributed by atoms with Crippen molar-refractivity contribution in [2.45, 2.75) is 24.7 Å². The molecule has 0 atom stereocenters. The molecule has 19 heavy (non-hydrogen) atoms. The molecule has 1 rings (SSSR count). The van der Waals surface area contributed by atoms with Crippen molar-refractivity contribution >= 4 is 27.3 Å². The van der Waals surface area contributed by atoms with Crippen LogP contribution in [0.25, 0.3) is 0 Å². The number of sulfonamides is 1. The van der Waals surface area contributed by atoms with Crippen LogP contribution in [0, 0.1) is 6.92 Å². The lowest BCUT2D eigenvalue weighted by Crippen LogP contribution is -2.28. The summed E-state index contributed by atoms with van der Waals surface area (Å²) in [7, 11) is -2.12. The van der Waals surface area contributed by atoms with E-state index in [1.54, 1.807) is 13.0 Å². The number of rotatable bonds is 7. The van der Waals surface area contributed by atoms with Gasteiger partial charge in [-0.1, -0.05) is 6.08 Å². The number of hydrogen-bond acceptors (Lipinski definition) is 4. The van der Waals surface area contributed by atoms with Crippen LogP contribution in [-0.2, 0) is 10.0 Å². The highest BCUT2D eigenvalue weighted by molar-refractivity contribution is 7.89. The summed E-state index contributed by atoms with van der Waals surface area (Å²) in [5, 5.41) is 8.89. The van der Waals surface area contributed by atoms with Crippen molar-refractivity contribution in [3.8, 4) is 0 Å². The Morgan fingerprint density at radius 3 is 2.68 bits per heavy atom. The molecular weight excluding hydrogens is 286 g/mol. The van der Waals surface area contributed by atoms with Gasteiger partial charge in [0.1, 0.15) is 4.88 Å². The van der Waals surface area contributed by atoms with E-state index in [2.05, 4.69) is 6.58 Å². The Morgan fingerprint density at radius 1 is 1.58 bits per heavy atom. The number of allylic oxidation sites excluding steroid dienone is 1. The second-order valence-electron chi connectivity index (χ2n) is 4.09. The molecule has 0 amide bonds. The van der Waals surface area contributed by atoms with Crippen molar-refractivity contribution in [2.75, 3.05) is 13.6 Å². The molecule has 1 heterocycles. The molecule has 0 saturated carbocycles. The highest BCUT2D eigenvalue weighted by atomic mass is 32.2. The summed E-state index contributed by atoms with van der Waals surface area (Å²) in [6.45, 7) is 5.58. The molecule has 0 aliphatic rings. The third kappa shape index (κ3) is 3.65. The second-order valence-corrected chi connectivity index (χ2v) is 7.36. The Balaban J connectivity index is 2.99. The summed E-state index contributed by atoms with van der Waals surface area (Å²) in [4.78, 5) is 11.5. The second kappa shape index (κ2) is 6.31. The van der Waals surface area contributed by atoms with Gasteiger partial charge in [-0.15, -0.1) is 17.9 Å². The lowest BCUT2D eigenvalue weighted by Gasteiger charge is -2.16. The van der Waals surface area contributed by atoms with Gasteiger partial charge in [-0.2, -0.15) is 0 Å². The maximum absolute atomic E-state index is 12.3. The zero-order valence-electron chi connectivity index (χ0n) is 10.9. The molecule has 0 aromatic carbocycles. The van der Waals surface area contributed by atoms with E-state index in [1.165, 1.54) is 17.4 Å². The number of thiophene rings is 1. The normalized spacial score (nSPS) is 11.7. The Hall–Kier alpha value is -1.18. The SMILES string of the molecule is C=CCCCN(C)S(=O)(=O)c1cc(C(=O)O)sc1C. The van der Waals surface area contributed by atoms with Crippen molar-refractivity contribution in [3.63, 3.8) is 0 Å². The van der Waals surface area contributed by atoms with Crippen LogP contribution >= 0.6 is 11.3 Å². The topological polar surface area (TPSA) is 74.7 Å². The molecule has 0 aliphatic heterocycles. The minimum Gasteiger partial charge on any atom is -0.477 e. The number of carbonyl (C=O) groups is 1. The van der Waals surface area contributed by atoms with Crippen molar-refractivity contribution in [1.82, 2.24) is 4.31 Å². The highest BCUT2D eigenvalue weighted by Crippen LogP contribution is 2.27. The lowest BCUT2D eigenvalue weighted by atomic mass is 10.3. The minimum atomic E-state index is -3.62. The maximum atomic E-state index is 12.3. The molecule has 1 N–H and O–H groups in total. The average molecular weight is 303 g/mol. The summed E-state index contributed by atoms with van der Waals surface area (Å²) in [6, 6.07) is 1.22. The molecule has 7 heteroatoms. The fourth-order valence-corrected chi connectivity index (χ4v) is 4.18. The van der Waals surface area contributed by atoms with E-state index in [1.807, 2.05) is 0 Å². The summed E-state index contributed by atoms with van der Waals surface area (Å²) < 4.78 is 25.8. The van der Waals surface area contributed by atoms with Gasteiger partial charge in [0.2, 0.25) is 10.0 Å². The van der Waals surface area contributed by atoms with Crippen LogP contribution in [0.1, 0.15) is 27.4 Å². The summed E-state index contributed by atoms with van der Waals surface area (Å²) >= 11 is 0.974. The lowest BCUT2D eigenvalue weighted by molar-refractivity contribution is 0.0702. The van der Waals surface area contributed by atoms with E-state index in [4.69, 9.17) is 5.11 Å². The third-order valence-electron chi connectivity index (χ3n) is 2.65. The number of nitrogens with zero attached hydrogens (tertiary/aromatic N) is 1. The molecule has 5 nitrogen and oxygen atoms in total. The minimum absolute atomic E-state index is 0.0376. The Morgan fingerprint density at radius 2 is 2.21 bits per heavy atom. The number of unbranched alkanes of at least 4 members (excludes halogenated alkanes) is 1. The van der Waals surface area contributed by atoms with Crippen LogP contribution in [0.2, 0.25) is 0 Å². The van der Waals surface area contributed by atoms with Gasteiger partial charge in [-0.3, -0.25) is 0 Å². The average Bonchev–Trinajstić information content (AvgIpc) is 2.72. The molecular formula is C12H17NO4S2. The Kier molecular flexibility index (Phi) is 5.28. The van der Waals surface area contributed by atoms with E-state index in [0.717, 1.165) is 17.8 Å². The quantitative estimate of drug-likeness (QED) is 0.620. The van der Waals surface area contributed by atoms with Gasteiger partial charge in [0.05, 0.1) is 4.90 Å². The number of carboxylic acid groups (broad SMARTS) is 1. The Bertz CT molecular complexity index is 575. The first-order valence-electron chi connectivity index (χ1n) is 5.71. The van der Waals surface area contributed by atoms with Crippen LogP contribution in [0.3, 0.4) is 0 Å². The van der Waals surface area contributed by atoms with Crippen LogP contribution in [0.15, 0.2) is 23.6 Å². The van der Waals surface area contributed by atoms with Gasteiger partial charge >= 0.3 is 5.97 Å². The van der Waals surface area contributed by atoms with Crippen LogP contribution < -0.4 is 0 Å². The monoisotopic (exact) mass is 303 g/mol. The summed E-state index contributed by atoms with van der Waals surface area (Å²) in [5.41, 5.74) is 0. The molecule has 0 fully saturated rings. The molecule has 1 aromatic rings.